The summed E-state index contributed by atoms with van der Waals surface area (Å²) < 4.78 is 0. The Kier molecular flexibility index (Phi) is 5.28. The van der Waals surface area contributed by atoms with Crippen molar-refractivity contribution in [3.8, 4) is 22.5 Å². The van der Waals surface area contributed by atoms with E-state index in [1.165, 1.54) is 6.92 Å². The first-order valence-electron chi connectivity index (χ1n) is 11.6. The summed E-state index contributed by atoms with van der Waals surface area (Å²) in [5.41, 5.74) is 8.17. The fourth-order valence-electron chi connectivity index (χ4n) is 4.65. The molecule has 176 valence electrons. The molecule has 0 saturated carbocycles. The first-order valence-corrected chi connectivity index (χ1v) is 11.6. The van der Waals surface area contributed by atoms with E-state index in [1.807, 2.05) is 30.5 Å². The van der Waals surface area contributed by atoms with Crippen LogP contribution in [0.5, 0.6) is 0 Å². The van der Waals surface area contributed by atoms with Crippen molar-refractivity contribution in [2.45, 2.75) is 39.2 Å². The second-order valence-corrected chi connectivity index (χ2v) is 8.97. The van der Waals surface area contributed by atoms with E-state index in [1.54, 1.807) is 11.1 Å². The van der Waals surface area contributed by atoms with Gasteiger partial charge in [-0.3, -0.25) is 9.89 Å². The quantitative estimate of drug-likeness (QED) is 0.356. The van der Waals surface area contributed by atoms with Gasteiger partial charge in [0.05, 0.1) is 11.9 Å². The van der Waals surface area contributed by atoms with E-state index in [2.05, 4.69) is 39.0 Å². The van der Waals surface area contributed by atoms with Gasteiger partial charge in [0.25, 0.3) is 5.91 Å². The molecule has 0 aliphatic carbocycles. The van der Waals surface area contributed by atoms with Crippen LogP contribution in [0, 0.1) is 0 Å². The highest BCUT2D eigenvalue weighted by Gasteiger charge is 2.27. The molecule has 4 heterocycles. The van der Waals surface area contributed by atoms with E-state index in [4.69, 9.17) is 9.97 Å². The van der Waals surface area contributed by atoms with Crippen LogP contribution in [0.3, 0.4) is 0 Å². The van der Waals surface area contributed by atoms with Crippen LogP contribution in [0.25, 0.3) is 22.5 Å². The van der Waals surface area contributed by atoms with E-state index >= 15 is 0 Å². The van der Waals surface area contributed by atoms with Crippen molar-refractivity contribution in [1.82, 2.24) is 30.4 Å². The zero-order valence-corrected chi connectivity index (χ0v) is 19.2. The molecule has 1 unspecified atom stereocenters. The van der Waals surface area contributed by atoms with Gasteiger partial charge >= 0.3 is 0 Å². The van der Waals surface area contributed by atoms with Crippen LogP contribution in [-0.2, 0) is 31.0 Å². The zero-order valence-electron chi connectivity index (χ0n) is 19.2. The lowest BCUT2D eigenvalue weighted by Gasteiger charge is -2.16. The van der Waals surface area contributed by atoms with Crippen molar-refractivity contribution in [3.63, 3.8) is 0 Å². The van der Waals surface area contributed by atoms with Crippen molar-refractivity contribution in [2.24, 2.45) is 0 Å². The number of nitrogens with zero attached hydrogens (tertiary/aromatic N) is 4. The number of aliphatic hydroxyl groups is 1. The van der Waals surface area contributed by atoms with Gasteiger partial charge in [0.15, 0.2) is 5.82 Å². The van der Waals surface area contributed by atoms with E-state index in [0.29, 0.717) is 32.0 Å². The molecule has 4 aromatic rings. The van der Waals surface area contributed by atoms with Gasteiger partial charge in [-0.15, -0.1) is 0 Å². The molecule has 9 heteroatoms. The smallest absolute Gasteiger partial charge is 0.251 e. The number of rotatable bonds is 5. The Hall–Kier alpha value is -4.08. The third kappa shape index (κ3) is 4.05. The van der Waals surface area contributed by atoms with Crippen LogP contribution in [-0.4, -0.2) is 42.2 Å². The van der Waals surface area contributed by atoms with Crippen molar-refractivity contribution in [2.75, 3.05) is 5.32 Å². The lowest BCUT2D eigenvalue weighted by Crippen LogP contribution is -2.33. The highest BCUT2D eigenvalue weighted by atomic mass is 16.3. The third-order valence-electron chi connectivity index (χ3n) is 6.52. The minimum absolute atomic E-state index is 0.257. The van der Waals surface area contributed by atoms with Gasteiger partial charge in [0.2, 0.25) is 0 Å². The lowest BCUT2D eigenvalue weighted by molar-refractivity contribution is -0.139. The summed E-state index contributed by atoms with van der Waals surface area (Å²) in [5, 5.41) is 23.4. The number of aromatic nitrogens is 4. The fourth-order valence-corrected chi connectivity index (χ4v) is 4.65. The summed E-state index contributed by atoms with van der Waals surface area (Å²) in [6.07, 6.45) is 2.67. The normalized spacial score (nSPS) is 15.1. The molecule has 1 amide bonds. The van der Waals surface area contributed by atoms with Gasteiger partial charge in [-0.2, -0.15) is 5.10 Å². The number of nitrogens with one attached hydrogen (secondary N) is 3. The number of carbonyl (C=O) groups excluding carboxylic acids is 1. The molecule has 6 rings (SSSR count). The number of fused-ring (bicyclic) bond motifs is 2. The molecule has 2 aliphatic rings. The Morgan fingerprint density at radius 3 is 2.60 bits per heavy atom. The number of anilines is 2. The van der Waals surface area contributed by atoms with Gasteiger partial charge < -0.3 is 20.6 Å². The maximum absolute atomic E-state index is 12.2. The number of H-pyrrole nitrogens is 1. The third-order valence-corrected chi connectivity index (χ3v) is 6.52. The molecule has 9 nitrogen and oxygen atoms in total. The van der Waals surface area contributed by atoms with Crippen molar-refractivity contribution in [1.29, 1.82) is 0 Å². The van der Waals surface area contributed by atoms with Crippen LogP contribution in [0.15, 0.2) is 54.9 Å². The van der Waals surface area contributed by atoms with Gasteiger partial charge in [0.1, 0.15) is 11.9 Å². The topological polar surface area (TPSA) is 119 Å². The second-order valence-electron chi connectivity index (χ2n) is 8.97. The summed E-state index contributed by atoms with van der Waals surface area (Å²) in [7, 11) is 0. The van der Waals surface area contributed by atoms with Crippen LogP contribution < -0.4 is 10.6 Å². The van der Waals surface area contributed by atoms with Crippen molar-refractivity contribution in [3.05, 3.63) is 77.2 Å². The molecule has 0 fully saturated rings. The molecule has 2 aromatic carbocycles. The van der Waals surface area contributed by atoms with Gasteiger partial charge in [-0.05, 0) is 41.8 Å². The summed E-state index contributed by atoms with van der Waals surface area (Å²) in [6, 6.07) is 14.2. The Morgan fingerprint density at radius 1 is 1.03 bits per heavy atom. The van der Waals surface area contributed by atoms with Gasteiger partial charge in [0, 0.05) is 54.8 Å². The molecule has 1 atom stereocenters. The average molecular weight is 468 g/mol. The van der Waals surface area contributed by atoms with Crippen LogP contribution >= 0.6 is 0 Å². The first kappa shape index (κ1) is 21.5. The molecule has 0 bridgehead atoms. The molecule has 0 saturated heterocycles. The number of hydrogen-bond donors (Lipinski definition) is 4. The van der Waals surface area contributed by atoms with Crippen molar-refractivity contribution < 1.29 is 9.90 Å². The number of aromatic amines is 1. The highest BCUT2D eigenvalue weighted by molar-refractivity contribution is 5.81. The molecule has 2 aliphatic heterocycles. The van der Waals surface area contributed by atoms with Crippen LogP contribution in [0.2, 0.25) is 0 Å². The number of benzene rings is 2. The Balaban J connectivity index is 1.29. The SMILES string of the molecule is CC(O)C(=O)N1Cc2ccc(-c3nc4c(c(Nc5ccc(-c6cn[nH]c6)cc5)n3)CNC4)cc2C1. The Labute approximate surface area is 202 Å². The predicted octanol–water partition coefficient (Wildman–Crippen LogP) is 3.10. The molecular formula is C26H25N7O2. The summed E-state index contributed by atoms with van der Waals surface area (Å²) in [4.78, 5) is 23.6. The van der Waals surface area contributed by atoms with Gasteiger partial charge in [-0.1, -0.05) is 24.3 Å². The highest BCUT2D eigenvalue weighted by Crippen LogP contribution is 2.31. The van der Waals surface area contributed by atoms with Crippen LogP contribution in [0.4, 0.5) is 11.5 Å². The fraction of sp³-hybridized carbons (Fsp3) is 0.231. The zero-order chi connectivity index (χ0) is 23.9. The number of hydrogen-bond acceptors (Lipinski definition) is 7. The number of aliphatic hydroxyl groups excluding tert-OH is 1. The standard InChI is InChI=1S/C26H25N7O2/c1-15(34)26(35)33-13-18-3-2-17(8-19(18)14-33)24-31-23-12-27-11-22(23)25(32-24)30-21-6-4-16(5-7-21)20-9-28-29-10-20/h2-10,15,27,34H,11-14H2,1H3,(H,28,29)(H,30,31,32). The lowest BCUT2D eigenvalue weighted by atomic mass is 10.1. The summed E-state index contributed by atoms with van der Waals surface area (Å²) >= 11 is 0. The second kappa shape index (κ2) is 8.61. The molecule has 0 spiro atoms. The minimum Gasteiger partial charge on any atom is -0.384 e. The molecular weight excluding hydrogens is 442 g/mol. The minimum atomic E-state index is -1.00. The maximum atomic E-state index is 12.2. The molecule has 4 N–H and O–H groups in total. The molecule has 0 radical (unpaired) electrons. The van der Waals surface area contributed by atoms with Crippen LogP contribution in [0.1, 0.15) is 29.3 Å². The van der Waals surface area contributed by atoms with Gasteiger partial charge in [-0.25, -0.2) is 9.97 Å². The average Bonchev–Trinajstić information content (AvgIpc) is 3.64. The summed E-state index contributed by atoms with van der Waals surface area (Å²) in [5.74, 6) is 1.18. The monoisotopic (exact) mass is 467 g/mol. The predicted molar refractivity (Wildman–Crippen MR) is 131 cm³/mol. The van der Waals surface area contributed by atoms with E-state index in [0.717, 1.165) is 50.6 Å². The first-order chi connectivity index (χ1) is 17.0. The maximum Gasteiger partial charge on any atom is 0.251 e. The molecule has 2 aromatic heterocycles. The summed E-state index contributed by atoms with van der Waals surface area (Å²) in [6.45, 7) is 3.90. The largest absolute Gasteiger partial charge is 0.384 e. The van der Waals surface area contributed by atoms with E-state index in [-0.39, 0.29) is 5.91 Å². The van der Waals surface area contributed by atoms with E-state index in [9.17, 15) is 9.90 Å². The molecule has 35 heavy (non-hydrogen) atoms. The van der Waals surface area contributed by atoms with Crippen molar-refractivity contribution >= 4 is 17.4 Å². The Bertz CT molecular complexity index is 1400. The number of carbonyl (C=O) groups is 1. The Morgan fingerprint density at radius 2 is 1.83 bits per heavy atom. The number of amides is 1. The van der Waals surface area contributed by atoms with E-state index < -0.39 is 6.10 Å².